The van der Waals surface area contributed by atoms with Gasteiger partial charge in [-0.2, -0.15) is 4.68 Å². The number of benzene rings is 3. The molecule has 0 unspecified atom stereocenters. The molecule has 0 atom stereocenters. The molecule has 41 heavy (non-hydrogen) atoms. The highest BCUT2D eigenvalue weighted by Gasteiger charge is 2.17. The average molecular weight is 549 g/mol. The zero-order valence-electron chi connectivity index (χ0n) is 23.2. The van der Waals surface area contributed by atoms with E-state index in [2.05, 4.69) is 17.1 Å². The zero-order valence-corrected chi connectivity index (χ0v) is 23.2. The molecule has 3 aromatic carbocycles. The second-order valence-corrected chi connectivity index (χ2v) is 9.85. The summed E-state index contributed by atoms with van der Waals surface area (Å²) in [6.07, 6.45) is 3.78. The highest BCUT2D eigenvalue weighted by atomic mass is 16.5. The topological polar surface area (TPSA) is 99.2 Å². The number of aromatic nitrogens is 4. The quantitative estimate of drug-likeness (QED) is 0.231. The van der Waals surface area contributed by atoms with E-state index in [1.54, 1.807) is 10.8 Å². The lowest BCUT2D eigenvalue weighted by Crippen LogP contribution is -2.24. The third kappa shape index (κ3) is 6.44. The Kier molecular flexibility index (Phi) is 8.39. The second-order valence-electron chi connectivity index (χ2n) is 9.85. The maximum atomic E-state index is 13.4. The van der Waals surface area contributed by atoms with Crippen LogP contribution in [0.3, 0.4) is 0 Å². The molecule has 0 saturated carbocycles. The number of carbonyl (C=O) groups is 1. The summed E-state index contributed by atoms with van der Waals surface area (Å²) in [5, 5.41) is 14.0. The number of aliphatic carboxylic acids is 1. The minimum absolute atomic E-state index is 0.0928. The van der Waals surface area contributed by atoms with Gasteiger partial charge in [-0.15, -0.1) is 5.10 Å². The number of carboxylic acids is 1. The Bertz CT molecular complexity index is 1690. The van der Waals surface area contributed by atoms with Crippen molar-refractivity contribution in [1.29, 1.82) is 0 Å². The number of carboxylic acid groups (broad SMARTS) is 1. The first kappa shape index (κ1) is 27.6. The molecule has 8 nitrogen and oxygen atoms in total. The van der Waals surface area contributed by atoms with Crippen LogP contribution in [0.4, 0.5) is 0 Å². The number of aryl methyl sites for hydroxylation is 3. The standard InChI is InChI=1S/C33H32N4O4/c1-3-41-29-19-16-26(21-27(29)22-32(38)39)25-14-12-24(13-15-25)7-6-9-31-35-37(28-17-10-23(2)11-18-28)33(40)36(31)30-8-4-5-20-34-30/h4-5,8,10-21H,3,6-7,9,22H2,1-2H3,(H,38,39). The van der Waals surface area contributed by atoms with E-state index < -0.39 is 5.97 Å². The summed E-state index contributed by atoms with van der Waals surface area (Å²) in [6.45, 7) is 4.36. The van der Waals surface area contributed by atoms with Crippen LogP contribution in [0.15, 0.2) is 95.9 Å². The molecule has 0 aliphatic heterocycles. The van der Waals surface area contributed by atoms with Gasteiger partial charge < -0.3 is 9.84 Å². The SMILES string of the molecule is CCOc1ccc(-c2ccc(CCCc3nn(-c4ccc(C)cc4)c(=O)n3-c3ccccn3)cc2)cc1CC(=O)O. The Balaban J connectivity index is 1.33. The van der Waals surface area contributed by atoms with Crippen molar-refractivity contribution in [1.82, 2.24) is 19.3 Å². The third-order valence-corrected chi connectivity index (χ3v) is 6.86. The third-order valence-electron chi connectivity index (χ3n) is 6.86. The van der Waals surface area contributed by atoms with Crippen LogP contribution >= 0.6 is 0 Å². The van der Waals surface area contributed by atoms with Gasteiger partial charge in [0.05, 0.1) is 18.7 Å². The van der Waals surface area contributed by atoms with Crippen molar-refractivity contribution in [3.05, 3.63) is 124 Å². The molecular formula is C33H32N4O4. The van der Waals surface area contributed by atoms with Crippen LogP contribution < -0.4 is 10.4 Å². The van der Waals surface area contributed by atoms with Gasteiger partial charge in [0.15, 0.2) is 0 Å². The fourth-order valence-corrected chi connectivity index (χ4v) is 4.81. The molecule has 5 rings (SSSR count). The van der Waals surface area contributed by atoms with Crippen LogP contribution in [0.1, 0.15) is 35.9 Å². The minimum atomic E-state index is -0.893. The number of hydrogen-bond donors (Lipinski definition) is 1. The summed E-state index contributed by atoms with van der Waals surface area (Å²) in [5.74, 6) is 0.916. The first-order valence-electron chi connectivity index (χ1n) is 13.7. The van der Waals surface area contributed by atoms with Crippen molar-refractivity contribution in [3.8, 4) is 28.4 Å². The smallest absolute Gasteiger partial charge is 0.356 e. The lowest BCUT2D eigenvalue weighted by atomic mass is 9.98. The van der Waals surface area contributed by atoms with Gasteiger partial charge in [0.25, 0.3) is 0 Å². The Hall–Kier alpha value is -4.98. The molecule has 0 radical (unpaired) electrons. The Morgan fingerprint density at radius 3 is 2.37 bits per heavy atom. The van der Waals surface area contributed by atoms with Gasteiger partial charge >= 0.3 is 11.7 Å². The van der Waals surface area contributed by atoms with Crippen molar-refractivity contribution >= 4 is 5.97 Å². The molecule has 208 valence electrons. The van der Waals surface area contributed by atoms with E-state index >= 15 is 0 Å². The predicted octanol–water partition coefficient (Wildman–Crippen LogP) is 5.59. The zero-order chi connectivity index (χ0) is 28.8. The number of hydrogen-bond acceptors (Lipinski definition) is 5. The minimum Gasteiger partial charge on any atom is -0.494 e. The number of ether oxygens (including phenoxy) is 1. The molecule has 0 aliphatic carbocycles. The van der Waals surface area contributed by atoms with E-state index in [9.17, 15) is 14.7 Å². The van der Waals surface area contributed by atoms with Crippen molar-refractivity contribution < 1.29 is 14.6 Å². The van der Waals surface area contributed by atoms with Crippen LogP contribution in [-0.2, 0) is 24.1 Å². The van der Waals surface area contributed by atoms with E-state index in [0.717, 1.165) is 35.1 Å². The largest absolute Gasteiger partial charge is 0.494 e. The molecule has 2 heterocycles. The maximum Gasteiger partial charge on any atom is 0.356 e. The predicted molar refractivity (Wildman–Crippen MR) is 158 cm³/mol. The second kappa shape index (κ2) is 12.5. The Morgan fingerprint density at radius 1 is 0.927 bits per heavy atom. The van der Waals surface area contributed by atoms with Gasteiger partial charge in [0.2, 0.25) is 0 Å². The molecule has 2 aromatic heterocycles. The number of rotatable bonds is 11. The molecule has 0 spiro atoms. The Labute approximate surface area is 238 Å². The molecule has 0 saturated heterocycles. The van der Waals surface area contributed by atoms with Gasteiger partial charge in [-0.05, 0) is 79.8 Å². The summed E-state index contributed by atoms with van der Waals surface area (Å²) in [5.41, 5.74) is 5.35. The van der Waals surface area contributed by atoms with Crippen molar-refractivity contribution in [2.45, 2.75) is 39.5 Å². The molecule has 8 heteroatoms. The van der Waals surface area contributed by atoms with Gasteiger partial charge in [-0.25, -0.2) is 14.3 Å². The summed E-state index contributed by atoms with van der Waals surface area (Å²) in [4.78, 5) is 29.2. The fraction of sp³-hybridized carbons (Fsp3) is 0.212. The molecule has 1 N–H and O–H groups in total. The van der Waals surface area contributed by atoms with E-state index in [4.69, 9.17) is 9.84 Å². The van der Waals surface area contributed by atoms with Crippen LogP contribution in [0.25, 0.3) is 22.6 Å². The number of nitrogens with zero attached hydrogens (tertiary/aromatic N) is 4. The maximum absolute atomic E-state index is 13.4. The molecule has 0 aliphatic rings. The van der Waals surface area contributed by atoms with Crippen molar-refractivity contribution in [2.75, 3.05) is 6.61 Å². The monoisotopic (exact) mass is 548 g/mol. The van der Waals surface area contributed by atoms with Gasteiger partial charge in [0, 0.05) is 18.2 Å². The first-order valence-corrected chi connectivity index (χ1v) is 13.7. The first-order chi connectivity index (χ1) is 19.9. The van der Waals surface area contributed by atoms with Gasteiger partial charge in [0.1, 0.15) is 17.4 Å². The van der Waals surface area contributed by atoms with E-state index in [1.807, 2.05) is 86.6 Å². The average Bonchev–Trinajstić information content (AvgIpc) is 3.30. The van der Waals surface area contributed by atoms with E-state index in [1.165, 1.54) is 4.68 Å². The summed E-state index contributed by atoms with van der Waals surface area (Å²) >= 11 is 0. The fourth-order valence-electron chi connectivity index (χ4n) is 4.81. The number of pyridine rings is 1. The molecular weight excluding hydrogens is 516 g/mol. The van der Waals surface area contributed by atoms with Crippen molar-refractivity contribution in [3.63, 3.8) is 0 Å². The highest BCUT2D eigenvalue weighted by Crippen LogP contribution is 2.28. The molecule has 0 bridgehead atoms. The summed E-state index contributed by atoms with van der Waals surface area (Å²) in [6, 6.07) is 27.1. The normalized spacial score (nSPS) is 11.0. The van der Waals surface area contributed by atoms with E-state index in [0.29, 0.717) is 41.7 Å². The van der Waals surface area contributed by atoms with Crippen LogP contribution in [0, 0.1) is 6.92 Å². The summed E-state index contributed by atoms with van der Waals surface area (Å²) < 4.78 is 8.63. The lowest BCUT2D eigenvalue weighted by Gasteiger charge is -2.11. The molecule has 0 fully saturated rings. The molecule has 5 aromatic rings. The molecule has 0 amide bonds. The highest BCUT2D eigenvalue weighted by molar-refractivity contribution is 5.74. The Morgan fingerprint density at radius 2 is 1.68 bits per heavy atom. The van der Waals surface area contributed by atoms with E-state index in [-0.39, 0.29) is 12.1 Å². The van der Waals surface area contributed by atoms with Crippen LogP contribution in [-0.4, -0.2) is 37.0 Å². The van der Waals surface area contributed by atoms with Crippen LogP contribution in [0.2, 0.25) is 0 Å². The van der Waals surface area contributed by atoms with Crippen molar-refractivity contribution in [2.24, 2.45) is 0 Å². The van der Waals surface area contributed by atoms with Gasteiger partial charge in [-0.3, -0.25) is 4.79 Å². The van der Waals surface area contributed by atoms with Crippen LogP contribution in [0.5, 0.6) is 5.75 Å². The van der Waals surface area contributed by atoms with Gasteiger partial charge in [-0.1, -0.05) is 54.1 Å². The summed E-state index contributed by atoms with van der Waals surface area (Å²) in [7, 11) is 0. The lowest BCUT2D eigenvalue weighted by molar-refractivity contribution is -0.136.